The topological polar surface area (TPSA) is 20.3 Å². The van der Waals surface area contributed by atoms with E-state index in [0.29, 0.717) is 12.6 Å². The zero-order chi connectivity index (χ0) is 8.27. The molecule has 1 rings (SSSR count). The number of rotatable bonds is 1. The summed E-state index contributed by atoms with van der Waals surface area (Å²) in [4.78, 5) is 13.3. The molecule has 0 aromatic rings. The Morgan fingerprint density at radius 3 is 2.91 bits per heavy atom. The first-order valence-electron chi connectivity index (χ1n) is 4.30. The molecule has 63 valence electrons. The second kappa shape index (κ2) is 3.86. The van der Waals surface area contributed by atoms with Crippen LogP contribution < -0.4 is 0 Å². The molecular formula is C9H16NO. The lowest BCUT2D eigenvalue weighted by atomic mass is 10.2. The highest BCUT2D eigenvalue weighted by Gasteiger charge is 2.16. The number of likely N-dealkylation sites (tertiary alicyclic amines) is 1. The van der Waals surface area contributed by atoms with Crippen molar-refractivity contribution in [3.8, 4) is 0 Å². The molecule has 0 bridgehead atoms. The molecule has 1 aliphatic rings. The van der Waals surface area contributed by atoms with Gasteiger partial charge in [0.25, 0.3) is 0 Å². The summed E-state index contributed by atoms with van der Waals surface area (Å²) in [5.41, 5.74) is 0. The van der Waals surface area contributed by atoms with Gasteiger partial charge in [-0.2, -0.15) is 0 Å². The average Bonchev–Trinajstić information content (AvgIpc) is 2.13. The predicted molar refractivity (Wildman–Crippen MR) is 45.3 cm³/mol. The molecule has 0 aromatic heterocycles. The van der Waals surface area contributed by atoms with Crippen LogP contribution in [0.2, 0.25) is 0 Å². The number of nitrogens with zero attached hydrogens (tertiary/aromatic N) is 1. The molecule has 0 unspecified atom stereocenters. The number of carbonyl (C=O) groups is 1. The van der Waals surface area contributed by atoms with Gasteiger partial charge in [0.05, 0.1) is 6.54 Å². The second-order valence-electron chi connectivity index (χ2n) is 3.38. The molecule has 0 N–H and O–H groups in total. The van der Waals surface area contributed by atoms with Gasteiger partial charge < -0.3 is 0 Å². The number of hydrogen-bond acceptors (Lipinski definition) is 2. The monoisotopic (exact) mass is 154 g/mol. The van der Waals surface area contributed by atoms with E-state index in [1.807, 2.05) is 6.42 Å². The van der Waals surface area contributed by atoms with Crippen LogP contribution in [0.3, 0.4) is 0 Å². The number of hydrogen-bond donors (Lipinski definition) is 0. The van der Waals surface area contributed by atoms with E-state index in [1.165, 1.54) is 0 Å². The van der Waals surface area contributed by atoms with Gasteiger partial charge in [-0.05, 0) is 33.2 Å². The molecule has 1 aliphatic heterocycles. The molecule has 0 spiro atoms. The van der Waals surface area contributed by atoms with Crippen molar-refractivity contribution in [1.29, 1.82) is 0 Å². The Hall–Kier alpha value is -0.370. The summed E-state index contributed by atoms with van der Waals surface area (Å²) in [7, 11) is 0. The molecule has 0 amide bonds. The van der Waals surface area contributed by atoms with Crippen molar-refractivity contribution in [3.63, 3.8) is 0 Å². The molecule has 0 aliphatic carbocycles. The lowest BCUT2D eigenvalue weighted by Crippen LogP contribution is -2.34. The van der Waals surface area contributed by atoms with Gasteiger partial charge in [-0.15, -0.1) is 0 Å². The minimum atomic E-state index is 0.288. The summed E-state index contributed by atoms with van der Waals surface area (Å²) in [6.07, 6.45) is 3.91. The second-order valence-corrected chi connectivity index (χ2v) is 3.38. The molecule has 0 atom stereocenters. The van der Waals surface area contributed by atoms with E-state index in [1.54, 1.807) is 0 Å². The molecular weight excluding hydrogens is 138 g/mol. The van der Waals surface area contributed by atoms with Crippen LogP contribution in [0.1, 0.15) is 26.7 Å². The van der Waals surface area contributed by atoms with Crippen LogP contribution in [0, 0.1) is 6.42 Å². The van der Waals surface area contributed by atoms with Crippen LogP contribution in [-0.2, 0) is 4.79 Å². The molecule has 1 fully saturated rings. The van der Waals surface area contributed by atoms with E-state index in [9.17, 15) is 4.79 Å². The number of carbonyl (C=O) groups excluding carboxylic acids is 1. The molecule has 0 saturated carbocycles. The maximum absolute atomic E-state index is 11.1. The SMILES string of the molecule is CC(C)N1CCC[CH]C(=O)C1. The zero-order valence-corrected chi connectivity index (χ0v) is 7.34. The Labute approximate surface area is 68.6 Å². The minimum absolute atomic E-state index is 0.288. The first kappa shape index (κ1) is 8.72. The van der Waals surface area contributed by atoms with Crippen LogP contribution in [0.15, 0.2) is 0 Å². The molecule has 0 aromatic carbocycles. The van der Waals surface area contributed by atoms with Crippen molar-refractivity contribution in [2.45, 2.75) is 32.7 Å². The highest BCUT2D eigenvalue weighted by Crippen LogP contribution is 2.08. The van der Waals surface area contributed by atoms with E-state index >= 15 is 0 Å². The molecule has 1 radical (unpaired) electrons. The maximum atomic E-state index is 11.1. The van der Waals surface area contributed by atoms with Gasteiger partial charge in [-0.3, -0.25) is 9.69 Å². The van der Waals surface area contributed by atoms with Crippen molar-refractivity contribution in [3.05, 3.63) is 6.42 Å². The number of ketones is 1. The number of Topliss-reactive ketones (excluding diaryl/α,β-unsaturated/α-hetero) is 1. The third-order valence-corrected chi connectivity index (χ3v) is 2.11. The molecule has 1 heterocycles. The molecule has 2 heteroatoms. The zero-order valence-electron chi connectivity index (χ0n) is 7.34. The minimum Gasteiger partial charge on any atom is -0.298 e. The third kappa shape index (κ3) is 2.62. The molecule has 1 saturated heterocycles. The van der Waals surface area contributed by atoms with Crippen molar-refractivity contribution < 1.29 is 4.79 Å². The van der Waals surface area contributed by atoms with Crippen molar-refractivity contribution in [2.24, 2.45) is 0 Å². The van der Waals surface area contributed by atoms with Crippen molar-refractivity contribution in [2.75, 3.05) is 13.1 Å². The van der Waals surface area contributed by atoms with Crippen LogP contribution >= 0.6 is 0 Å². The maximum Gasteiger partial charge on any atom is 0.150 e. The molecule has 11 heavy (non-hydrogen) atoms. The van der Waals surface area contributed by atoms with Crippen molar-refractivity contribution >= 4 is 5.78 Å². The predicted octanol–water partition coefficient (Wildman–Crippen LogP) is 1.26. The summed E-state index contributed by atoms with van der Waals surface area (Å²) in [6, 6.07) is 0.505. The standard InChI is InChI=1S/C9H16NO/c1-8(2)10-6-4-3-5-9(11)7-10/h5,8H,3-4,6-7H2,1-2H3. The van der Waals surface area contributed by atoms with Crippen LogP contribution in [0.25, 0.3) is 0 Å². The Bertz CT molecular complexity index is 142. The van der Waals surface area contributed by atoms with E-state index in [2.05, 4.69) is 18.7 Å². The van der Waals surface area contributed by atoms with E-state index in [0.717, 1.165) is 19.4 Å². The summed E-state index contributed by atoms with van der Waals surface area (Å²) in [6.45, 7) is 5.97. The smallest absolute Gasteiger partial charge is 0.150 e. The molecule has 2 nitrogen and oxygen atoms in total. The highest BCUT2D eigenvalue weighted by molar-refractivity contribution is 5.88. The van der Waals surface area contributed by atoms with E-state index in [-0.39, 0.29) is 5.78 Å². The normalized spacial score (nSPS) is 22.3. The van der Waals surface area contributed by atoms with Gasteiger partial charge in [0, 0.05) is 12.5 Å². The van der Waals surface area contributed by atoms with Gasteiger partial charge >= 0.3 is 0 Å². The van der Waals surface area contributed by atoms with Crippen molar-refractivity contribution in [1.82, 2.24) is 4.90 Å². The van der Waals surface area contributed by atoms with Crippen LogP contribution in [0.5, 0.6) is 0 Å². The van der Waals surface area contributed by atoms with Crippen LogP contribution in [0.4, 0.5) is 0 Å². The summed E-state index contributed by atoms with van der Waals surface area (Å²) >= 11 is 0. The van der Waals surface area contributed by atoms with Gasteiger partial charge in [0.2, 0.25) is 0 Å². The van der Waals surface area contributed by atoms with Gasteiger partial charge in [0.15, 0.2) is 5.78 Å². The quantitative estimate of drug-likeness (QED) is 0.567. The largest absolute Gasteiger partial charge is 0.298 e. The van der Waals surface area contributed by atoms with Gasteiger partial charge in [0.1, 0.15) is 0 Å². The van der Waals surface area contributed by atoms with E-state index < -0.39 is 0 Å². The van der Waals surface area contributed by atoms with Gasteiger partial charge in [-0.1, -0.05) is 0 Å². The Kier molecular flexibility index (Phi) is 3.06. The lowest BCUT2D eigenvalue weighted by Gasteiger charge is -2.22. The summed E-state index contributed by atoms with van der Waals surface area (Å²) in [5, 5.41) is 0. The average molecular weight is 154 g/mol. The third-order valence-electron chi connectivity index (χ3n) is 2.11. The fourth-order valence-electron chi connectivity index (χ4n) is 1.34. The Morgan fingerprint density at radius 1 is 1.55 bits per heavy atom. The summed E-state index contributed by atoms with van der Waals surface area (Å²) < 4.78 is 0. The van der Waals surface area contributed by atoms with Gasteiger partial charge in [-0.25, -0.2) is 0 Å². The Balaban J connectivity index is 2.45. The lowest BCUT2D eigenvalue weighted by molar-refractivity contribution is -0.117. The van der Waals surface area contributed by atoms with E-state index in [4.69, 9.17) is 0 Å². The Morgan fingerprint density at radius 2 is 2.27 bits per heavy atom. The van der Waals surface area contributed by atoms with Crippen LogP contribution in [-0.4, -0.2) is 29.8 Å². The first-order chi connectivity index (χ1) is 5.20. The fraction of sp³-hybridized carbons (Fsp3) is 0.778. The first-order valence-corrected chi connectivity index (χ1v) is 4.30. The fourth-order valence-corrected chi connectivity index (χ4v) is 1.34. The highest BCUT2D eigenvalue weighted by atomic mass is 16.1. The summed E-state index contributed by atoms with van der Waals surface area (Å²) in [5.74, 6) is 0.288.